The lowest BCUT2D eigenvalue weighted by atomic mass is 10.1. The summed E-state index contributed by atoms with van der Waals surface area (Å²) in [4.78, 5) is 37.6. The first-order valence-corrected chi connectivity index (χ1v) is 7.98. The zero-order chi connectivity index (χ0) is 17.5. The third-order valence-corrected chi connectivity index (χ3v) is 3.53. The molecule has 1 aromatic heterocycles. The molecule has 7 nitrogen and oxygen atoms in total. The highest BCUT2D eigenvalue weighted by Crippen LogP contribution is 2.13. The van der Waals surface area contributed by atoms with Crippen molar-refractivity contribution in [3.05, 3.63) is 52.3 Å². The summed E-state index contributed by atoms with van der Waals surface area (Å²) in [6, 6.07) is 8.10. The van der Waals surface area contributed by atoms with Crippen molar-refractivity contribution in [1.29, 1.82) is 0 Å². The van der Waals surface area contributed by atoms with Crippen molar-refractivity contribution in [2.24, 2.45) is 0 Å². The zero-order valence-corrected chi connectivity index (χ0v) is 14.5. The molecule has 0 atom stereocenters. The number of carbonyl (C=O) groups is 3. The number of hydrazine groups is 1. The second-order valence-electron chi connectivity index (χ2n) is 4.82. The van der Waals surface area contributed by atoms with Crippen LogP contribution in [0.4, 0.5) is 0 Å². The van der Waals surface area contributed by atoms with Crippen molar-refractivity contribution in [2.75, 3.05) is 6.61 Å². The molecule has 1 heterocycles. The van der Waals surface area contributed by atoms with Crippen molar-refractivity contribution >= 4 is 33.5 Å². The van der Waals surface area contributed by atoms with E-state index < -0.39 is 11.8 Å². The predicted octanol–water partition coefficient (Wildman–Crippen LogP) is 2.21. The maximum atomic E-state index is 11.7. The van der Waals surface area contributed by atoms with Crippen LogP contribution in [0.25, 0.3) is 0 Å². The van der Waals surface area contributed by atoms with Crippen LogP contribution in [0.5, 0.6) is 5.75 Å². The van der Waals surface area contributed by atoms with Crippen LogP contribution in [0.3, 0.4) is 0 Å². The van der Waals surface area contributed by atoms with Crippen LogP contribution < -0.4 is 15.6 Å². The molecule has 2 rings (SSSR count). The number of nitrogens with one attached hydrogen (secondary N) is 3. The smallest absolute Gasteiger partial charge is 0.286 e. The highest BCUT2D eigenvalue weighted by molar-refractivity contribution is 9.10. The fourth-order valence-corrected chi connectivity index (χ4v) is 2.16. The van der Waals surface area contributed by atoms with E-state index in [0.29, 0.717) is 23.4 Å². The Morgan fingerprint density at radius 2 is 1.88 bits per heavy atom. The molecule has 0 saturated carbocycles. The van der Waals surface area contributed by atoms with Crippen molar-refractivity contribution in [3.8, 4) is 5.75 Å². The van der Waals surface area contributed by atoms with Gasteiger partial charge in [-0.15, -0.1) is 0 Å². The van der Waals surface area contributed by atoms with Gasteiger partial charge < -0.3 is 9.72 Å². The van der Waals surface area contributed by atoms with Crippen LogP contribution >= 0.6 is 15.9 Å². The van der Waals surface area contributed by atoms with Gasteiger partial charge in [-0.05, 0) is 46.3 Å². The average molecular weight is 394 g/mol. The molecule has 0 aliphatic heterocycles. The number of amides is 2. The average Bonchev–Trinajstić information content (AvgIpc) is 3.04. The lowest BCUT2D eigenvalue weighted by Crippen LogP contribution is -2.43. The molecule has 0 bridgehead atoms. The normalized spacial score (nSPS) is 10.1. The van der Waals surface area contributed by atoms with Gasteiger partial charge in [0.05, 0.1) is 0 Å². The van der Waals surface area contributed by atoms with Crippen LogP contribution in [-0.4, -0.2) is 29.2 Å². The summed E-state index contributed by atoms with van der Waals surface area (Å²) in [6.07, 6.45) is 2.03. The van der Waals surface area contributed by atoms with Gasteiger partial charge in [0, 0.05) is 22.7 Å². The minimum absolute atomic E-state index is 0.0398. The van der Waals surface area contributed by atoms with Gasteiger partial charge in [0.25, 0.3) is 11.8 Å². The summed E-state index contributed by atoms with van der Waals surface area (Å²) in [5, 5.41) is 0. The van der Waals surface area contributed by atoms with E-state index in [1.165, 1.54) is 0 Å². The summed E-state index contributed by atoms with van der Waals surface area (Å²) in [5.74, 6) is -0.491. The summed E-state index contributed by atoms with van der Waals surface area (Å²) in [7, 11) is 0. The molecule has 24 heavy (non-hydrogen) atoms. The topological polar surface area (TPSA) is 100 Å². The Morgan fingerprint density at radius 1 is 1.17 bits per heavy atom. The van der Waals surface area contributed by atoms with E-state index in [4.69, 9.17) is 4.74 Å². The summed E-state index contributed by atoms with van der Waals surface area (Å²) in [5.41, 5.74) is 5.41. The standard InChI is InChI=1S/C16H16BrN3O4/c1-2-14(21)10-3-5-12(6-4-10)24-9-15(22)19-20-16(23)13-7-11(17)8-18-13/h3-8,18H,2,9H2,1H3,(H,19,22)(H,20,23). The molecule has 0 unspecified atom stereocenters. The Morgan fingerprint density at radius 3 is 2.46 bits per heavy atom. The van der Waals surface area contributed by atoms with E-state index in [9.17, 15) is 14.4 Å². The number of aromatic amines is 1. The summed E-state index contributed by atoms with van der Waals surface area (Å²) >= 11 is 3.21. The van der Waals surface area contributed by atoms with E-state index in [1.54, 1.807) is 43.5 Å². The van der Waals surface area contributed by atoms with Crippen LogP contribution in [0.15, 0.2) is 41.0 Å². The number of hydrogen-bond acceptors (Lipinski definition) is 4. The van der Waals surface area contributed by atoms with Gasteiger partial charge in [-0.25, -0.2) is 0 Å². The molecular weight excluding hydrogens is 378 g/mol. The van der Waals surface area contributed by atoms with Crippen molar-refractivity contribution in [3.63, 3.8) is 0 Å². The zero-order valence-electron chi connectivity index (χ0n) is 12.9. The number of carbonyl (C=O) groups excluding carboxylic acids is 3. The third kappa shape index (κ3) is 4.95. The first kappa shape index (κ1) is 17.7. The number of hydrogen-bond donors (Lipinski definition) is 3. The highest BCUT2D eigenvalue weighted by atomic mass is 79.9. The summed E-state index contributed by atoms with van der Waals surface area (Å²) < 4.78 is 6.02. The van der Waals surface area contributed by atoms with Crippen LogP contribution in [0.1, 0.15) is 34.2 Å². The Balaban J connectivity index is 1.76. The number of ether oxygens (including phenoxy) is 1. The van der Waals surface area contributed by atoms with Gasteiger partial charge >= 0.3 is 0 Å². The fraction of sp³-hybridized carbons (Fsp3) is 0.188. The Bertz CT molecular complexity index is 740. The predicted molar refractivity (Wildman–Crippen MR) is 90.7 cm³/mol. The van der Waals surface area contributed by atoms with Crippen LogP contribution in [0, 0.1) is 0 Å². The molecule has 0 radical (unpaired) electrons. The number of rotatable bonds is 6. The maximum Gasteiger partial charge on any atom is 0.286 e. The number of aromatic nitrogens is 1. The quantitative estimate of drug-likeness (QED) is 0.517. The first-order valence-electron chi connectivity index (χ1n) is 7.18. The van der Waals surface area contributed by atoms with Crippen molar-refractivity contribution in [1.82, 2.24) is 15.8 Å². The van der Waals surface area contributed by atoms with Gasteiger partial charge in [-0.2, -0.15) is 0 Å². The van der Waals surface area contributed by atoms with E-state index in [2.05, 4.69) is 31.8 Å². The molecule has 8 heteroatoms. The molecule has 0 aliphatic rings. The van der Waals surface area contributed by atoms with Gasteiger partial charge in [0.1, 0.15) is 11.4 Å². The van der Waals surface area contributed by atoms with Crippen LogP contribution in [0.2, 0.25) is 0 Å². The molecule has 2 amide bonds. The lowest BCUT2D eigenvalue weighted by molar-refractivity contribution is -0.123. The Labute approximate surface area is 146 Å². The fourth-order valence-electron chi connectivity index (χ4n) is 1.82. The first-order chi connectivity index (χ1) is 11.5. The van der Waals surface area contributed by atoms with Crippen molar-refractivity contribution < 1.29 is 19.1 Å². The lowest BCUT2D eigenvalue weighted by Gasteiger charge is -2.08. The Hall–Kier alpha value is -2.61. The highest BCUT2D eigenvalue weighted by Gasteiger charge is 2.10. The molecular formula is C16H16BrN3O4. The Kier molecular flexibility index (Phi) is 6.14. The van der Waals surface area contributed by atoms with Gasteiger partial charge in [0.2, 0.25) is 0 Å². The molecule has 126 valence electrons. The molecule has 0 spiro atoms. The van der Waals surface area contributed by atoms with Gasteiger partial charge in [-0.3, -0.25) is 25.2 Å². The van der Waals surface area contributed by atoms with Crippen molar-refractivity contribution in [2.45, 2.75) is 13.3 Å². The second-order valence-corrected chi connectivity index (χ2v) is 5.74. The van der Waals surface area contributed by atoms with E-state index >= 15 is 0 Å². The van der Waals surface area contributed by atoms with E-state index in [0.717, 1.165) is 4.47 Å². The molecule has 0 saturated heterocycles. The van der Waals surface area contributed by atoms with Gasteiger partial charge in [0.15, 0.2) is 12.4 Å². The number of ketones is 1. The third-order valence-electron chi connectivity index (χ3n) is 3.08. The maximum absolute atomic E-state index is 11.7. The van der Waals surface area contributed by atoms with Crippen LogP contribution in [-0.2, 0) is 4.79 Å². The monoisotopic (exact) mass is 393 g/mol. The largest absolute Gasteiger partial charge is 0.484 e. The minimum atomic E-state index is -0.511. The minimum Gasteiger partial charge on any atom is -0.484 e. The van der Waals surface area contributed by atoms with E-state index in [-0.39, 0.29) is 12.4 Å². The second kappa shape index (κ2) is 8.30. The SMILES string of the molecule is CCC(=O)c1ccc(OCC(=O)NNC(=O)c2cc(Br)c[nH]2)cc1. The molecule has 3 N–H and O–H groups in total. The van der Waals surface area contributed by atoms with E-state index in [1.807, 2.05) is 0 Å². The van der Waals surface area contributed by atoms with Gasteiger partial charge in [-0.1, -0.05) is 6.92 Å². The molecule has 1 aromatic carbocycles. The molecule has 0 fully saturated rings. The number of H-pyrrole nitrogens is 1. The number of Topliss-reactive ketones (excluding diaryl/α,β-unsaturated/α-hetero) is 1. The summed E-state index contributed by atoms with van der Waals surface area (Å²) in [6.45, 7) is 1.52. The molecule has 0 aliphatic carbocycles. The molecule has 2 aromatic rings. The number of halogens is 1. The number of benzene rings is 1.